The maximum atomic E-state index is 12.8. The second-order valence-corrected chi connectivity index (χ2v) is 7.39. The molecule has 0 aliphatic heterocycles. The Morgan fingerprint density at radius 1 is 1.29 bits per heavy atom. The Labute approximate surface area is 164 Å². The Hall–Kier alpha value is -2.93. The molecule has 0 radical (unpaired) electrons. The summed E-state index contributed by atoms with van der Waals surface area (Å²) in [6, 6.07) is 7.24. The molecule has 2 aromatic heterocycles. The zero-order valence-corrected chi connectivity index (χ0v) is 15.9. The summed E-state index contributed by atoms with van der Waals surface area (Å²) in [5, 5.41) is 13.9. The van der Waals surface area contributed by atoms with Crippen LogP contribution in [-0.4, -0.2) is 42.3 Å². The summed E-state index contributed by atoms with van der Waals surface area (Å²) in [7, 11) is 0. The van der Waals surface area contributed by atoms with Crippen molar-refractivity contribution in [2.24, 2.45) is 0 Å². The van der Waals surface area contributed by atoms with Crippen LogP contribution in [0.3, 0.4) is 0 Å². The molecule has 1 aromatic carbocycles. The van der Waals surface area contributed by atoms with Crippen LogP contribution >= 0.6 is 0 Å². The van der Waals surface area contributed by atoms with E-state index in [-0.39, 0.29) is 18.0 Å². The molecule has 1 saturated carbocycles. The topological polar surface area (TPSA) is 85.0 Å². The Kier molecular flexibility index (Phi) is 5.25. The molecule has 4 rings (SSSR count). The monoisotopic (exact) mass is 379 g/mol. The molecule has 28 heavy (non-hydrogen) atoms. The summed E-state index contributed by atoms with van der Waals surface area (Å²) < 4.78 is 3.97. The van der Waals surface area contributed by atoms with E-state index in [1.165, 1.54) is 0 Å². The van der Waals surface area contributed by atoms with Crippen molar-refractivity contribution >= 4 is 5.91 Å². The van der Waals surface area contributed by atoms with Gasteiger partial charge in [0.2, 0.25) is 0 Å². The quantitative estimate of drug-likeness (QED) is 0.712. The third-order valence-corrected chi connectivity index (χ3v) is 5.47. The van der Waals surface area contributed by atoms with Gasteiger partial charge in [-0.3, -0.25) is 4.79 Å². The van der Waals surface area contributed by atoms with E-state index in [4.69, 9.17) is 0 Å². The smallest absolute Gasteiger partial charge is 0.251 e. The van der Waals surface area contributed by atoms with Gasteiger partial charge in [-0.15, -0.1) is 0 Å². The van der Waals surface area contributed by atoms with Gasteiger partial charge in [-0.2, -0.15) is 0 Å². The van der Waals surface area contributed by atoms with E-state index in [2.05, 4.69) is 15.3 Å². The van der Waals surface area contributed by atoms with Crippen molar-refractivity contribution in [3.05, 3.63) is 72.3 Å². The van der Waals surface area contributed by atoms with Gasteiger partial charge in [-0.05, 0) is 43.9 Å². The Morgan fingerprint density at radius 2 is 2.18 bits per heavy atom. The fraction of sp³-hybridized carbons (Fsp3) is 0.381. The lowest BCUT2D eigenvalue weighted by Crippen LogP contribution is -2.49. The molecule has 7 heteroatoms. The molecule has 2 N–H and O–H groups in total. The highest BCUT2D eigenvalue weighted by atomic mass is 16.3. The van der Waals surface area contributed by atoms with Crippen LogP contribution in [0.4, 0.5) is 0 Å². The van der Waals surface area contributed by atoms with E-state index < -0.39 is 6.10 Å². The van der Waals surface area contributed by atoms with Gasteiger partial charge < -0.3 is 19.6 Å². The van der Waals surface area contributed by atoms with Gasteiger partial charge in [0.25, 0.3) is 5.91 Å². The molecule has 0 saturated heterocycles. The predicted molar refractivity (Wildman–Crippen MR) is 105 cm³/mol. The molecule has 3 aromatic rings. The van der Waals surface area contributed by atoms with E-state index in [0.717, 1.165) is 30.7 Å². The van der Waals surface area contributed by atoms with Crippen LogP contribution in [0.15, 0.2) is 55.4 Å². The molecule has 0 spiro atoms. The van der Waals surface area contributed by atoms with Crippen LogP contribution in [-0.2, 0) is 6.54 Å². The van der Waals surface area contributed by atoms with Gasteiger partial charge in [0.15, 0.2) is 0 Å². The standard InChI is InChI=1S/C21H25N5O2/c1-15-23-9-11-26(15)19-7-3-6-18(20(19)27)24-21(28)17-5-2-4-16(12-17)13-25-10-8-22-14-25/h2,4-5,8-12,14,18-20,27H,3,6-7,13H2,1H3,(H,24,28)/t18-,19-,20-/m1/s1. The van der Waals surface area contributed by atoms with Crippen LogP contribution in [0, 0.1) is 6.92 Å². The number of carbonyl (C=O) groups is 1. The van der Waals surface area contributed by atoms with Crippen LogP contribution < -0.4 is 5.32 Å². The minimum atomic E-state index is -0.639. The number of aliphatic hydroxyl groups excluding tert-OH is 1. The molecular formula is C21H25N5O2. The number of hydrogen-bond acceptors (Lipinski definition) is 4. The number of amides is 1. The first kappa shape index (κ1) is 18.4. The number of aliphatic hydroxyl groups is 1. The third-order valence-electron chi connectivity index (χ3n) is 5.47. The average Bonchev–Trinajstić information content (AvgIpc) is 3.35. The van der Waals surface area contributed by atoms with Gasteiger partial charge >= 0.3 is 0 Å². The van der Waals surface area contributed by atoms with Crippen LogP contribution in [0.1, 0.15) is 47.1 Å². The number of nitrogens with zero attached hydrogens (tertiary/aromatic N) is 4. The zero-order valence-electron chi connectivity index (χ0n) is 15.9. The highest BCUT2D eigenvalue weighted by molar-refractivity contribution is 5.94. The average molecular weight is 379 g/mol. The first-order valence-corrected chi connectivity index (χ1v) is 9.65. The number of aromatic nitrogens is 4. The lowest BCUT2D eigenvalue weighted by atomic mass is 9.87. The number of carbonyl (C=O) groups excluding carboxylic acids is 1. The maximum absolute atomic E-state index is 12.8. The van der Waals surface area contributed by atoms with Crippen LogP contribution in [0.5, 0.6) is 0 Å². The van der Waals surface area contributed by atoms with Crippen molar-refractivity contribution < 1.29 is 9.90 Å². The predicted octanol–water partition coefficient (Wildman–Crippen LogP) is 2.32. The van der Waals surface area contributed by atoms with E-state index in [9.17, 15) is 9.90 Å². The first-order valence-electron chi connectivity index (χ1n) is 9.65. The van der Waals surface area contributed by atoms with E-state index >= 15 is 0 Å². The maximum Gasteiger partial charge on any atom is 0.251 e. The number of nitrogens with one attached hydrogen (secondary N) is 1. The fourth-order valence-electron chi connectivity index (χ4n) is 4.01. The van der Waals surface area contributed by atoms with Gasteiger partial charge in [-0.1, -0.05) is 12.1 Å². The van der Waals surface area contributed by atoms with E-state index in [1.807, 2.05) is 46.7 Å². The molecule has 0 bridgehead atoms. The van der Waals surface area contributed by atoms with Crippen molar-refractivity contribution in [3.8, 4) is 0 Å². The minimum Gasteiger partial charge on any atom is -0.389 e. The van der Waals surface area contributed by atoms with E-state index in [1.54, 1.807) is 24.8 Å². The van der Waals surface area contributed by atoms with Crippen molar-refractivity contribution in [1.82, 2.24) is 24.4 Å². The minimum absolute atomic E-state index is 0.0610. The molecule has 1 aliphatic carbocycles. The fourth-order valence-corrected chi connectivity index (χ4v) is 4.01. The van der Waals surface area contributed by atoms with Crippen LogP contribution in [0.2, 0.25) is 0 Å². The SMILES string of the molecule is Cc1nccn1[C@@H]1CCC[C@@H](NC(=O)c2cccc(Cn3ccnc3)c2)[C@H]1O. The zero-order chi connectivity index (χ0) is 19.5. The van der Waals surface area contributed by atoms with Gasteiger partial charge in [-0.25, -0.2) is 9.97 Å². The number of imidazole rings is 2. The molecular weight excluding hydrogens is 354 g/mol. The molecule has 7 nitrogen and oxygen atoms in total. The van der Waals surface area contributed by atoms with E-state index in [0.29, 0.717) is 12.1 Å². The van der Waals surface area contributed by atoms with Crippen molar-refractivity contribution in [1.29, 1.82) is 0 Å². The summed E-state index contributed by atoms with van der Waals surface area (Å²) in [6.07, 6.45) is 11.0. The Balaban J connectivity index is 1.45. The summed E-state index contributed by atoms with van der Waals surface area (Å²) in [5.41, 5.74) is 1.63. The van der Waals surface area contributed by atoms with Crippen LogP contribution in [0.25, 0.3) is 0 Å². The summed E-state index contributed by atoms with van der Waals surface area (Å²) in [4.78, 5) is 21.1. The van der Waals surface area contributed by atoms with Crippen molar-refractivity contribution in [3.63, 3.8) is 0 Å². The highest BCUT2D eigenvalue weighted by Crippen LogP contribution is 2.30. The Morgan fingerprint density at radius 3 is 2.93 bits per heavy atom. The van der Waals surface area contributed by atoms with Crippen molar-refractivity contribution in [2.45, 2.75) is 50.9 Å². The second-order valence-electron chi connectivity index (χ2n) is 7.39. The van der Waals surface area contributed by atoms with Gasteiger partial charge in [0.1, 0.15) is 5.82 Å². The molecule has 146 valence electrons. The number of hydrogen-bond donors (Lipinski definition) is 2. The lowest BCUT2D eigenvalue weighted by Gasteiger charge is -2.36. The number of benzene rings is 1. The largest absolute Gasteiger partial charge is 0.389 e. The number of aryl methyl sites for hydroxylation is 1. The summed E-state index contributed by atoms with van der Waals surface area (Å²) >= 11 is 0. The van der Waals surface area contributed by atoms with Gasteiger partial charge in [0, 0.05) is 36.9 Å². The first-order chi connectivity index (χ1) is 13.6. The molecule has 0 unspecified atom stereocenters. The lowest BCUT2D eigenvalue weighted by molar-refractivity contribution is 0.0392. The van der Waals surface area contributed by atoms with Crippen molar-refractivity contribution in [2.75, 3.05) is 0 Å². The third kappa shape index (κ3) is 3.84. The molecule has 1 fully saturated rings. The normalized spacial score (nSPS) is 22.1. The Bertz CT molecular complexity index is 934. The summed E-state index contributed by atoms with van der Waals surface area (Å²) in [5.74, 6) is 0.725. The summed E-state index contributed by atoms with van der Waals surface area (Å²) in [6.45, 7) is 2.59. The molecule has 1 aliphatic rings. The molecule has 1 amide bonds. The highest BCUT2D eigenvalue weighted by Gasteiger charge is 2.34. The molecule has 2 heterocycles. The molecule has 3 atom stereocenters. The number of rotatable bonds is 5. The second kappa shape index (κ2) is 7.98. The van der Waals surface area contributed by atoms with Gasteiger partial charge in [0.05, 0.1) is 24.5 Å².